The Morgan fingerprint density at radius 2 is 1.87 bits per heavy atom. The van der Waals surface area contributed by atoms with E-state index in [2.05, 4.69) is 5.32 Å². The lowest BCUT2D eigenvalue weighted by Gasteiger charge is -2.44. The Morgan fingerprint density at radius 3 is 2.30 bits per heavy atom. The molecule has 1 fully saturated rings. The predicted molar refractivity (Wildman–Crippen MR) is 89.0 cm³/mol. The first kappa shape index (κ1) is 19.4. The molecular formula is C18H29NO4. The zero-order valence-corrected chi connectivity index (χ0v) is 15.2. The smallest absolute Gasteiger partial charge is 0.408 e. The Kier molecular flexibility index (Phi) is 5.45. The molecule has 3 atom stereocenters. The number of amides is 1. The number of ketones is 1. The fourth-order valence-electron chi connectivity index (χ4n) is 2.88. The van der Waals surface area contributed by atoms with Crippen molar-refractivity contribution in [3.05, 3.63) is 12.2 Å². The second-order valence-electron chi connectivity index (χ2n) is 8.43. The molecule has 1 heterocycles. The minimum absolute atomic E-state index is 0.105. The van der Waals surface area contributed by atoms with Crippen LogP contribution in [-0.2, 0) is 14.3 Å². The van der Waals surface area contributed by atoms with Gasteiger partial charge in [0.2, 0.25) is 0 Å². The van der Waals surface area contributed by atoms with E-state index in [0.717, 1.165) is 6.29 Å². The molecule has 1 N–H and O–H groups in total. The van der Waals surface area contributed by atoms with Crippen LogP contribution in [0.2, 0.25) is 0 Å². The van der Waals surface area contributed by atoms with Crippen molar-refractivity contribution in [1.82, 2.24) is 5.32 Å². The summed E-state index contributed by atoms with van der Waals surface area (Å²) in [5, 5.41) is 2.80. The first-order valence-corrected chi connectivity index (χ1v) is 7.99. The molecule has 1 aliphatic rings. The highest BCUT2D eigenvalue weighted by molar-refractivity contribution is 5.92. The van der Waals surface area contributed by atoms with Crippen molar-refractivity contribution in [3.63, 3.8) is 0 Å². The number of alkyl carbamates (subject to hydrolysis) is 1. The summed E-state index contributed by atoms with van der Waals surface area (Å²) in [6.07, 6.45) is 3.01. The fourth-order valence-corrected chi connectivity index (χ4v) is 2.88. The lowest BCUT2D eigenvalue weighted by Crippen LogP contribution is -2.60. The van der Waals surface area contributed by atoms with Gasteiger partial charge in [-0.1, -0.05) is 54.5 Å². The molecular weight excluding hydrogens is 294 g/mol. The average Bonchev–Trinajstić information content (AvgIpc) is 2.72. The third kappa shape index (κ3) is 4.21. The monoisotopic (exact) mass is 323 g/mol. The summed E-state index contributed by atoms with van der Waals surface area (Å²) in [7, 11) is 0. The standard InChI is InChI=1S/C18H29NO4/c1-12(13(21)8-9-16(2,3)4)14-18(10-11-20,17(5,6)7)19-15(22)23-14/h8-9,11-12,14H,10H2,1-7H3,(H,19,22)/b9-8+/t12-,14?,18?/m0/s1. The van der Waals surface area contributed by atoms with Gasteiger partial charge in [-0.15, -0.1) is 0 Å². The molecule has 0 aromatic carbocycles. The van der Waals surface area contributed by atoms with E-state index < -0.39 is 29.1 Å². The van der Waals surface area contributed by atoms with Gasteiger partial charge >= 0.3 is 6.09 Å². The molecule has 2 unspecified atom stereocenters. The predicted octanol–water partition coefficient (Wildman–Crippen LogP) is 3.28. The van der Waals surface area contributed by atoms with E-state index in [1.54, 1.807) is 13.0 Å². The average molecular weight is 323 g/mol. The number of nitrogens with one attached hydrogen (secondary N) is 1. The molecule has 0 saturated carbocycles. The SMILES string of the molecule is C[C@@H](C(=O)/C=C/C(C)(C)C)C1OC(=O)NC1(CC=O)C(C)(C)C. The molecule has 0 radical (unpaired) electrons. The van der Waals surface area contributed by atoms with Crippen LogP contribution in [0.4, 0.5) is 4.79 Å². The van der Waals surface area contributed by atoms with Crippen molar-refractivity contribution in [3.8, 4) is 0 Å². The normalized spacial score (nSPS) is 26.7. The largest absolute Gasteiger partial charge is 0.443 e. The highest BCUT2D eigenvalue weighted by Crippen LogP contribution is 2.43. The number of hydrogen-bond acceptors (Lipinski definition) is 4. The summed E-state index contributed by atoms with van der Waals surface area (Å²) >= 11 is 0. The highest BCUT2D eigenvalue weighted by atomic mass is 16.6. The van der Waals surface area contributed by atoms with Crippen LogP contribution in [0.3, 0.4) is 0 Å². The maximum Gasteiger partial charge on any atom is 0.408 e. The van der Waals surface area contributed by atoms with Gasteiger partial charge in [-0.25, -0.2) is 4.79 Å². The fraction of sp³-hybridized carbons (Fsp3) is 0.722. The Morgan fingerprint density at radius 1 is 1.30 bits per heavy atom. The molecule has 23 heavy (non-hydrogen) atoms. The van der Waals surface area contributed by atoms with Gasteiger partial charge in [0.1, 0.15) is 12.4 Å². The van der Waals surface area contributed by atoms with Crippen molar-refractivity contribution in [2.75, 3.05) is 0 Å². The number of ether oxygens (including phenoxy) is 1. The molecule has 1 saturated heterocycles. The number of carbonyl (C=O) groups excluding carboxylic acids is 3. The first-order chi connectivity index (χ1) is 10.3. The third-order valence-electron chi connectivity index (χ3n) is 4.44. The summed E-state index contributed by atoms with van der Waals surface area (Å²) in [6, 6.07) is 0. The van der Waals surface area contributed by atoms with Gasteiger partial charge in [0.15, 0.2) is 5.78 Å². The second kappa shape index (κ2) is 6.46. The Labute approximate surface area is 138 Å². The number of hydrogen-bond donors (Lipinski definition) is 1. The van der Waals surface area contributed by atoms with E-state index in [1.165, 1.54) is 0 Å². The molecule has 5 nitrogen and oxygen atoms in total. The van der Waals surface area contributed by atoms with Crippen molar-refractivity contribution >= 4 is 18.2 Å². The molecule has 130 valence electrons. The molecule has 0 spiro atoms. The second-order valence-corrected chi connectivity index (χ2v) is 8.43. The quantitative estimate of drug-likeness (QED) is 0.622. The van der Waals surface area contributed by atoms with Gasteiger partial charge in [-0.3, -0.25) is 4.79 Å². The van der Waals surface area contributed by atoms with Gasteiger partial charge in [-0.05, 0) is 16.9 Å². The van der Waals surface area contributed by atoms with Crippen LogP contribution >= 0.6 is 0 Å². The van der Waals surface area contributed by atoms with E-state index in [1.807, 2.05) is 47.6 Å². The van der Waals surface area contributed by atoms with Crippen LogP contribution in [-0.4, -0.2) is 29.8 Å². The molecule has 5 heteroatoms. The molecule has 1 rings (SSSR count). The lowest BCUT2D eigenvalue weighted by molar-refractivity contribution is -0.124. The Balaban J connectivity index is 3.16. The highest BCUT2D eigenvalue weighted by Gasteiger charge is 2.58. The minimum atomic E-state index is -0.892. The van der Waals surface area contributed by atoms with Crippen molar-refractivity contribution in [2.45, 2.75) is 66.5 Å². The van der Waals surface area contributed by atoms with Crippen LogP contribution < -0.4 is 5.32 Å². The number of rotatable bonds is 5. The molecule has 0 aliphatic carbocycles. The van der Waals surface area contributed by atoms with Gasteiger partial charge in [0.05, 0.1) is 11.5 Å². The molecule has 0 bridgehead atoms. The zero-order valence-electron chi connectivity index (χ0n) is 15.2. The van der Waals surface area contributed by atoms with E-state index in [9.17, 15) is 14.4 Å². The number of allylic oxidation sites excluding steroid dienone is 2. The van der Waals surface area contributed by atoms with Crippen molar-refractivity contribution < 1.29 is 19.1 Å². The van der Waals surface area contributed by atoms with Gasteiger partial charge in [-0.2, -0.15) is 0 Å². The topological polar surface area (TPSA) is 72.5 Å². The lowest BCUT2D eigenvalue weighted by atomic mass is 9.65. The number of cyclic esters (lactones) is 1. The minimum Gasteiger partial charge on any atom is -0.443 e. The summed E-state index contributed by atoms with van der Waals surface area (Å²) < 4.78 is 5.41. The maximum absolute atomic E-state index is 12.5. The van der Waals surface area contributed by atoms with Gasteiger partial charge in [0.25, 0.3) is 0 Å². The van der Waals surface area contributed by atoms with E-state index in [4.69, 9.17) is 4.74 Å². The van der Waals surface area contributed by atoms with Crippen molar-refractivity contribution in [2.24, 2.45) is 16.7 Å². The zero-order chi connectivity index (χ0) is 18.1. The van der Waals surface area contributed by atoms with E-state index in [-0.39, 0.29) is 17.6 Å². The number of carbonyl (C=O) groups is 3. The molecule has 1 aliphatic heterocycles. The van der Waals surface area contributed by atoms with E-state index in [0.29, 0.717) is 0 Å². The van der Waals surface area contributed by atoms with Crippen LogP contribution in [0.15, 0.2) is 12.2 Å². The Hall–Kier alpha value is -1.65. The van der Waals surface area contributed by atoms with Gasteiger partial charge < -0.3 is 14.8 Å². The number of aldehydes is 1. The molecule has 0 aromatic rings. The maximum atomic E-state index is 12.5. The molecule has 1 amide bonds. The first-order valence-electron chi connectivity index (χ1n) is 7.99. The van der Waals surface area contributed by atoms with E-state index >= 15 is 0 Å². The summed E-state index contributed by atoms with van der Waals surface area (Å²) in [5.74, 6) is -0.646. The van der Waals surface area contributed by atoms with Crippen LogP contribution in [0.25, 0.3) is 0 Å². The Bertz CT molecular complexity index is 510. The molecule has 0 aromatic heterocycles. The van der Waals surface area contributed by atoms with Crippen LogP contribution in [0.1, 0.15) is 54.9 Å². The van der Waals surface area contributed by atoms with Crippen LogP contribution in [0.5, 0.6) is 0 Å². The van der Waals surface area contributed by atoms with Crippen molar-refractivity contribution in [1.29, 1.82) is 0 Å². The van der Waals surface area contributed by atoms with Gasteiger partial charge in [0, 0.05) is 6.42 Å². The summed E-state index contributed by atoms with van der Waals surface area (Å²) in [4.78, 5) is 35.6. The third-order valence-corrected chi connectivity index (χ3v) is 4.44. The van der Waals surface area contributed by atoms with Crippen LogP contribution in [0, 0.1) is 16.7 Å². The summed E-state index contributed by atoms with van der Waals surface area (Å²) in [6.45, 7) is 13.5. The summed E-state index contributed by atoms with van der Waals surface area (Å²) in [5.41, 5.74) is -1.44.